The molecule has 0 N–H and O–H groups in total. The molecule has 1 aromatic rings. The van der Waals surface area contributed by atoms with E-state index in [4.69, 9.17) is 0 Å². The van der Waals surface area contributed by atoms with E-state index in [2.05, 4.69) is 15.9 Å². The van der Waals surface area contributed by atoms with Gasteiger partial charge >= 0.3 is 6.18 Å². The van der Waals surface area contributed by atoms with Gasteiger partial charge in [0.25, 0.3) is 0 Å². The molecule has 1 heterocycles. The lowest BCUT2D eigenvalue weighted by Crippen LogP contribution is -2.25. The number of hydrogen-bond donors (Lipinski definition) is 0. The van der Waals surface area contributed by atoms with Gasteiger partial charge in [-0.15, -0.1) is 0 Å². The molecular formula is C11H8BrF4NO. The van der Waals surface area contributed by atoms with Gasteiger partial charge in [-0.3, -0.25) is 4.79 Å². The summed E-state index contributed by atoms with van der Waals surface area (Å²) >= 11 is 3.24. The molecule has 0 saturated carbocycles. The van der Waals surface area contributed by atoms with Crippen LogP contribution < -0.4 is 4.90 Å². The second-order valence-corrected chi connectivity index (χ2v) is 5.26. The average molecular weight is 326 g/mol. The number of benzene rings is 1. The van der Waals surface area contributed by atoms with Crippen molar-refractivity contribution >= 4 is 27.5 Å². The number of alkyl halides is 4. The molecule has 0 radical (unpaired) electrons. The van der Waals surface area contributed by atoms with Crippen molar-refractivity contribution in [3.63, 3.8) is 0 Å². The van der Waals surface area contributed by atoms with E-state index >= 15 is 0 Å². The van der Waals surface area contributed by atoms with E-state index in [9.17, 15) is 22.4 Å². The van der Waals surface area contributed by atoms with Crippen LogP contribution in [-0.4, -0.2) is 17.3 Å². The standard InChI is InChI=1S/C11H8BrF4NO/c12-6-3-10(18)17(5-6)7-1-2-8(9(13)4-7)11(14,15)16/h1-2,4,6H,3,5H2. The van der Waals surface area contributed by atoms with Gasteiger partial charge in [-0.05, 0) is 18.2 Å². The highest BCUT2D eigenvalue weighted by Gasteiger charge is 2.35. The molecule has 1 amide bonds. The van der Waals surface area contributed by atoms with E-state index in [0.717, 1.165) is 12.1 Å². The quantitative estimate of drug-likeness (QED) is 0.573. The van der Waals surface area contributed by atoms with E-state index < -0.39 is 17.6 Å². The number of anilines is 1. The summed E-state index contributed by atoms with van der Waals surface area (Å²) in [6.45, 7) is 0.323. The molecule has 2 rings (SSSR count). The van der Waals surface area contributed by atoms with Crippen molar-refractivity contribution in [1.29, 1.82) is 0 Å². The summed E-state index contributed by atoms with van der Waals surface area (Å²) < 4.78 is 50.5. The van der Waals surface area contributed by atoms with Crippen LogP contribution in [-0.2, 0) is 11.0 Å². The second-order valence-electron chi connectivity index (χ2n) is 3.97. The number of carbonyl (C=O) groups is 1. The number of nitrogens with zero attached hydrogens (tertiary/aromatic N) is 1. The summed E-state index contributed by atoms with van der Waals surface area (Å²) in [4.78, 5) is 12.7. The highest BCUT2D eigenvalue weighted by atomic mass is 79.9. The lowest BCUT2D eigenvalue weighted by atomic mass is 10.1. The van der Waals surface area contributed by atoms with Gasteiger partial charge in [0.2, 0.25) is 5.91 Å². The first kappa shape index (κ1) is 13.3. The zero-order valence-electron chi connectivity index (χ0n) is 8.97. The SMILES string of the molecule is O=C1CC(Br)CN1c1ccc(C(F)(F)F)c(F)c1. The molecule has 1 aliphatic rings. The van der Waals surface area contributed by atoms with Gasteiger partial charge in [-0.2, -0.15) is 13.2 Å². The van der Waals surface area contributed by atoms with Crippen LogP contribution in [0, 0.1) is 5.82 Å². The van der Waals surface area contributed by atoms with Gasteiger partial charge in [0.15, 0.2) is 0 Å². The predicted octanol–water partition coefficient (Wildman–Crippen LogP) is 3.34. The van der Waals surface area contributed by atoms with Gasteiger partial charge in [0.1, 0.15) is 5.82 Å². The maximum absolute atomic E-state index is 13.4. The monoisotopic (exact) mass is 325 g/mol. The molecule has 1 unspecified atom stereocenters. The molecule has 98 valence electrons. The zero-order valence-corrected chi connectivity index (χ0v) is 10.6. The minimum Gasteiger partial charge on any atom is -0.311 e. The Labute approximate surface area is 109 Å². The molecule has 1 saturated heterocycles. The van der Waals surface area contributed by atoms with Gasteiger partial charge in [0, 0.05) is 23.5 Å². The Bertz CT molecular complexity index is 488. The number of amides is 1. The lowest BCUT2D eigenvalue weighted by molar-refractivity contribution is -0.139. The summed E-state index contributed by atoms with van der Waals surface area (Å²) in [6, 6.07) is 2.50. The first-order valence-corrected chi connectivity index (χ1v) is 6.02. The van der Waals surface area contributed by atoms with Crippen molar-refractivity contribution in [3.8, 4) is 0 Å². The van der Waals surface area contributed by atoms with E-state index in [1.54, 1.807) is 0 Å². The molecule has 1 aliphatic heterocycles. The van der Waals surface area contributed by atoms with Crippen LogP contribution in [0.15, 0.2) is 18.2 Å². The molecule has 18 heavy (non-hydrogen) atoms. The number of halogens is 5. The van der Waals surface area contributed by atoms with Crippen LogP contribution >= 0.6 is 15.9 Å². The van der Waals surface area contributed by atoms with E-state index in [1.807, 2.05) is 0 Å². The highest BCUT2D eigenvalue weighted by molar-refractivity contribution is 9.09. The Balaban J connectivity index is 2.32. The largest absolute Gasteiger partial charge is 0.419 e. The third-order valence-electron chi connectivity index (χ3n) is 2.65. The Morgan fingerprint density at radius 3 is 2.44 bits per heavy atom. The van der Waals surface area contributed by atoms with Crippen LogP contribution in [0.25, 0.3) is 0 Å². The molecule has 1 atom stereocenters. The molecule has 1 aromatic carbocycles. The van der Waals surface area contributed by atoms with Crippen LogP contribution in [0.5, 0.6) is 0 Å². The summed E-state index contributed by atoms with van der Waals surface area (Å²) in [5.74, 6) is -1.61. The van der Waals surface area contributed by atoms with Gasteiger partial charge in [0.05, 0.1) is 5.56 Å². The van der Waals surface area contributed by atoms with Crippen molar-refractivity contribution in [2.75, 3.05) is 11.4 Å². The molecule has 0 spiro atoms. The van der Waals surface area contributed by atoms with Crippen molar-refractivity contribution in [1.82, 2.24) is 0 Å². The minimum atomic E-state index is -4.73. The minimum absolute atomic E-state index is 0.0599. The Morgan fingerprint density at radius 1 is 1.33 bits per heavy atom. The molecule has 7 heteroatoms. The van der Waals surface area contributed by atoms with Crippen molar-refractivity contribution in [2.24, 2.45) is 0 Å². The summed E-state index contributed by atoms with van der Waals surface area (Å²) in [7, 11) is 0. The van der Waals surface area contributed by atoms with Crippen LogP contribution in [0.2, 0.25) is 0 Å². The highest BCUT2D eigenvalue weighted by Crippen LogP contribution is 2.34. The fourth-order valence-electron chi connectivity index (χ4n) is 1.82. The first-order valence-electron chi connectivity index (χ1n) is 5.10. The Kier molecular flexibility index (Phi) is 3.35. The van der Waals surface area contributed by atoms with E-state index in [0.29, 0.717) is 12.6 Å². The fraction of sp³-hybridized carbons (Fsp3) is 0.364. The van der Waals surface area contributed by atoms with Crippen LogP contribution in [0.4, 0.5) is 23.2 Å². The van der Waals surface area contributed by atoms with Gasteiger partial charge < -0.3 is 4.90 Å². The zero-order chi connectivity index (χ0) is 13.5. The average Bonchev–Trinajstić information content (AvgIpc) is 2.55. The van der Waals surface area contributed by atoms with Crippen molar-refractivity contribution in [2.45, 2.75) is 17.4 Å². The topological polar surface area (TPSA) is 20.3 Å². The third-order valence-corrected chi connectivity index (χ3v) is 3.26. The van der Waals surface area contributed by atoms with Crippen LogP contribution in [0.3, 0.4) is 0 Å². The van der Waals surface area contributed by atoms with Crippen molar-refractivity contribution < 1.29 is 22.4 Å². The van der Waals surface area contributed by atoms with Gasteiger partial charge in [-0.25, -0.2) is 4.39 Å². The lowest BCUT2D eigenvalue weighted by Gasteiger charge is -2.17. The summed E-state index contributed by atoms with van der Waals surface area (Å²) in [6.07, 6.45) is -4.47. The van der Waals surface area contributed by atoms with Crippen molar-refractivity contribution in [3.05, 3.63) is 29.6 Å². The second kappa shape index (κ2) is 4.53. The normalized spacial score (nSPS) is 20.6. The van der Waals surface area contributed by atoms with Crippen LogP contribution in [0.1, 0.15) is 12.0 Å². The van der Waals surface area contributed by atoms with Gasteiger partial charge in [-0.1, -0.05) is 15.9 Å². The van der Waals surface area contributed by atoms with E-state index in [-0.39, 0.29) is 22.8 Å². The number of rotatable bonds is 1. The summed E-state index contributed by atoms with van der Waals surface area (Å²) in [5.41, 5.74) is -1.18. The maximum atomic E-state index is 13.4. The number of hydrogen-bond acceptors (Lipinski definition) is 1. The Hall–Kier alpha value is -1.11. The molecule has 0 bridgehead atoms. The molecule has 0 aromatic heterocycles. The molecule has 2 nitrogen and oxygen atoms in total. The predicted molar refractivity (Wildman–Crippen MR) is 61.1 cm³/mol. The molecular weight excluding hydrogens is 318 g/mol. The maximum Gasteiger partial charge on any atom is 0.419 e. The molecule has 1 fully saturated rings. The molecule has 0 aliphatic carbocycles. The first-order chi connectivity index (χ1) is 8.29. The number of carbonyl (C=O) groups excluding carboxylic acids is 1. The third kappa shape index (κ3) is 2.50. The fourth-order valence-corrected chi connectivity index (χ4v) is 2.38. The van der Waals surface area contributed by atoms with E-state index in [1.165, 1.54) is 4.90 Å². The Morgan fingerprint density at radius 2 is 2.00 bits per heavy atom. The summed E-state index contributed by atoms with van der Waals surface area (Å²) in [5, 5.41) is 0. The smallest absolute Gasteiger partial charge is 0.311 e.